The predicted molar refractivity (Wildman–Crippen MR) is 81.7 cm³/mol. The van der Waals surface area contributed by atoms with Crippen molar-refractivity contribution < 1.29 is 14.3 Å². The van der Waals surface area contributed by atoms with E-state index < -0.39 is 0 Å². The number of methoxy groups -OCH3 is 1. The maximum absolute atomic E-state index is 11.3. The van der Waals surface area contributed by atoms with Crippen molar-refractivity contribution in [3.05, 3.63) is 29.8 Å². The molecule has 1 aliphatic rings. The molecule has 21 heavy (non-hydrogen) atoms. The van der Waals surface area contributed by atoms with Crippen LogP contribution in [0.4, 0.5) is 5.69 Å². The summed E-state index contributed by atoms with van der Waals surface area (Å²) in [6, 6.07) is 7.75. The van der Waals surface area contributed by atoms with E-state index in [1.807, 2.05) is 24.3 Å². The maximum atomic E-state index is 11.3. The van der Waals surface area contributed by atoms with Gasteiger partial charge in [0.2, 0.25) is 0 Å². The summed E-state index contributed by atoms with van der Waals surface area (Å²) in [6.07, 6.45) is 0.448. The number of nitrogens with zero attached hydrogens (tertiary/aromatic N) is 2. The van der Waals surface area contributed by atoms with Crippen LogP contribution in [0.25, 0.3) is 0 Å². The zero-order valence-corrected chi connectivity index (χ0v) is 12.7. The van der Waals surface area contributed by atoms with E-state index in [4.69, 9.17) is 0 Å². The molecule has 0 bridgehead atoms. The van der Waals surface area contributed by atoms with Gasteiger partial charge >= 0.3 is 5.97 Å². The number of esters is 1. The van der Waals surface area contributed by atoms with Crippen LogP contribution in [0, 0.1) is 0 Å². The minimum atomic E-state index is -0.155. The summed E-state index contributed by atoms with van der Waals surface area (Å²) in [5.74, 6) is -0.0635. The summed E-state index contributed by atoms with van der Waals surface area (Å²) in [5.41, 5.74) is 1.89. The highest BCUT2D eigenvalue weighted by Gasteiger charge is 2.18. The Morgan fingerprint density at radius 1 is 1.10 bits per heavy atom. The molecule has 1 aromatic rings. The number of rotatable bonds is 5. The van der Waals surface area contributed by atoms with Crippen molar-refractivity contribution in [3.8, 4) is 0 Å². The molecule has 0 N–H and O–H groups in total. The van der Waals surface area contributed by atoms with Gasteiger partial charge in [0.15, 0.2) is 5.78 Å². The molecule has 1 fully saturated rings. The van der Waals surface area contributed by atoms with Crippen LogP contribution in [0.5, 0.6) is 0 Å². The molecule has 0 atom stereocenters. The van der Waals surface area contributed by atoms with Crippen molar-refractivity contribution in [3.63, 3.8) is 0 Å². The molecule has 0 amide bonds. The summed E-state index contributed by atoms with van der Waals surface area (Å²) >= 11 is 0. The average molecular weight is 290 g/mol. The Hall–Kier alpha value is -1.88. The minimum Gasteiger partial charge on any atom is -0.469 e. The van der Waals surface area contributed by atoms with Crippen molar-refractivity contribution in [1.29, 1.82) is 0 Å². The third kappa shape index (κ3) is 4.29. The standard InChI is InChI=1S/C16H22N2O3/c1-13(19)14-3-5-15(6-4-14)18-11-9-17(10-12-18)8-7-16(20)21-2/h3-6H,7-12H2,1-2H3. The number of ketones is 1. The Kier molecular flexibility index (Phi) is 5.33. The highest BCUT2D eigenvalue weighted by Crippen LogP contribution is 2.17. The van der Waals surface area contributed by atoms with Gasteiger partial charge in [0, 0.05) is 44.0 Å². The third-order valence-electron chi connectivity index (χ3n) is 3.87. The van der Waals surface area contributed by atoms with Crippen LogP contribution < -0.4 is 4.90 Å². The van der Waals surface area contributed by atoms with E-state index in [-0.39, 0.29) is 11.8 Å². The molecule has 5 nitrogen and oxygen atoms in total. The Morgan fingerprint density at radius 3 is 2.24 bits per heavy atom. The van der Waals surface area contributed by atoms with Crippen LogP contribution in [-0.4, -0.2) is 56.5 Å². The summed E-state index contributed by atoms with van der Waals surface area (Å²) in [4.78, 5) is 27.0. The van der Waals surface area contributed by atoms with Crippen LogP contribution in [0.15, 0.2) is 24.3 Å². The molecule has 0 spiro atoms. The van der Waals surface area contributed by atoms with Gasteiger partial charge in [-0.05, 0) is 31.2 Å². The number of anilines is 1. The number of piperazine rings is 1. The molecule has 1 aliphatic heterocycles. The maximum Gasteiger partial charge on any atom is 0.306 e. The SMILES string of the molecule is COC(=O)CCN1CCN(c2ccc(C(C)=O)cc2)CC1. The van der Waals surface area contributed by atoms with E-state index in [0.29, 0.717) is 6.42 Å². The number of carbonyl (C=O) groups excluding carboxylic acids is 2. The smallest absolute Gasteiger partial charge is 0.306 e. The zero-order valence-electron chi connectivity index (χ0n) is 12.7. The Morgan fingerprint density at radius 2 is 1.71 bits per heavy atom. The number of Topliss-reactive ketones (excluding diaryl/α,β-unsaturated/α-hetero) is 1. The number of hydrogen-bond acceptors (Lipinski definition) is 5. The first-order valence-electron chi connectivity index (χ1n) is 7.25. The molecule has 1 heterocycles. The number of benzene rings is 1. The van der Waals surface area contributed by atoms with Crippen LogP contribution in [0.3, 0.4) is 0 Å². The van der Waals surface area contributed by atoms with Gasteiger partial charge in [-0.25, -0.2) is 0 Å². The van der Waals surface area contributed by atoms with E-state index in [9.17, 15) is 9.59 Å². The Balaban J connectivity index is 1.83. The van der Waals surface area contributed by atoms with E-state index in [2.05, 4.69) is 14.5 Å². The van der Waals surface area contributed by atoms with Gasteiger partial charge in [0.25, 0.3) is 0 Å². The molecule has 0 unspecified atom stereocenters. The topological polar surface area (TPSA) is 49.9 Å². The first-order chi connectivity index (χ1) is 10.1. The van der Waals surface area contributed by atoms with Gasteiger partial charge in [-0.2, -0.15) is 0 Å². The largest absolute Gasteiger partial charge is 0.469 e. The van der Waals surface area contributed by atoms with Crippen LogP contribution in [-0.2, 0) is 9.53 Å². The molecule has 2 rings (SSSR count). The molecular weight excluding hydrogens is 268 g/mol. The van der Waals surface area contributed by atoms with Gasteiger partial charge in [-0.3, -0.25) is 14.5 Å². The molecule has 0 aromatic heterocycles. The molecule has 1 saturated heterocycles. The lowest BCUT2D eigenvalue weighted by atomic mass is 10.1. The van der Waals surface area contributed by atoms with E-state index in [0.717, 1.165) is 44.0 Å². The highest BCUT2D eigenvalue weighted by molar-refractivity contribution is 5.94. The molecular formula is C16H22N2O3. The fourth-order valence-electron chi connectivity index (χ4n) is 2.49. The lowest BCUT2D eigenvalue weighted by Gasteiger charge is -2.36. The zero-order chi connectivity index (χ0) is 15.2. The molecule has 5 heteroatoms. The predicted octanol–water partition coefficient (Wildman–Crippen LogP) is 1.57. The van der Waals surface area contributed by atoms with E-state index in [1.54, 1.807) is 6.92 Å². The van der Waals surface area contributed by atoms with Crippen molar-refractivity contribution in [2.24, 2.45) is 0 Å². The van der Waals surface area contributed by atoms with Crippen molar-refractivity contribution in [1.82, 2.24) is 4.90 Å². The number of ether oxygens (including phenoxy) is 1. The van der Waals surface area contributed by atoms with Crippen LogP contribution in [0.1, 0.15) is 23.7 Å². The molecule has 0 saturated carbocycles. The van der Waals surface area contributed by atoms with Gasteiger partial charge in [0.05, 0.1) is 13.5 Å². The third-order valence-corrected chi connectivity index (χ3v) is 3.87. The minimum absolute atomic E-state index is 0.0918. The second kappa shape index (κ2) is 7.22. The lowest BCUT2D eigenvalue weighted by Crippen LogP contribution is -2.47. The van der Waals surface area contributed by atoms with Crippen LogP contribution in [0.2, 0.25) is 0 Å². The summed E-state index contributed by atoms with van der Waals surface area (Å²) < 4.78 is 4.66. The van der Waals surface area contributed by atoms with Gasteiger partial charge in [-0.15, -0.1) is 0 Å². The van der Waals surface area contributed by atoms with Crippen molar-refractivity contribution >= 4 is 17.4 Å². The summed E-state index contributed by atoms with van der Waals surface area (Å²) in [5, 5.41) is 0. The molecule has 0 aliphatic carbocycles. The summed E-state index contributed by atoms with van der Waals surface area (Å²) in [7, 11) is 1.42. The monoisotopic (exact) mass is 290 g/mol. The fraction of sp³-hybridized carbons (Fsp3) is 0.500. The lowest BCUT2D eigenvalue weighted by molar-refractivity contribution is -0.141. The first kappa shape index (κ1) is 15.5. The second-order valence-corrected chi connectivity index (χ2v) is 5.26. The van der Waals surface area contributed by atoms with E-state index >= 15 is 0 Å². The quantitative estimate of drug-likeness (QED) is 0.608. The van der Waals surface area contributed by atoms with Crippen molar-refractivity contribution in [2.45, 2.75) is 13.3 Å². The van der Waals surface area contributed by atoms with Gasteiger partial charge < -0.3 is 9.64 Å². The Labute approximate surface area is 125 Å². The summed E-state index contributed by atoms with van der Waals surface area (Å²) in [6.45, 7) is 6.07. The average Bonchev–Trinajstić information content (AvgIpc) is 2.53. The first-order valence-corrected chi connectivity index (χ1v) is 7.25. The molecule has 1 aromatic carbocycles. The highest BCUT2D eigenvalue weighted by atomic mass is 16.5. The normalized spacial score (nSPS) is 15.8. The fourth-order valence-corrected chi connectivity index (χ4v) is 2.49. The van der Waals surface area contributed by atoms with Crippen molar-refractivity contribution in [2.75, 3.05) is 44.7 Å². The van der Waals surface area contributed by atoms with Crippen LogP contribution >= 0.6 is 0 Å². The number of carbonyl (C=O) groups is 2. The molecule has 114 valence electrons. The Bertz CT molecular complexity index is 491. The van der Waals surface area contributed by atoms with Gasteiger partial charge in [-0.1, -0.05) is 0 Å². The number of hydrogen-bond donors (Lipinski definition) is 0. The van der Waals surface area contributed by atoms with E-state index in [1.165, 1.54) is 7.11 Å². The second-order valence-electron chi connectivity index (χ2n) is 5.26. The van der Waals surface area contributed by atoms with Gasteiger partial charge in [0.1, 0.15) is 0 Å². The molecule has 0 radical (unpaired) electrons.